The smallest absolute Gasteiger partial charge is 0.166 e. The van der Waals surface area contributed by atoms with E-state index in [1.807, 2.05) is 48.5 Å². The number of para-hydroxylation sites is 2. The Morgan fingerprint density at radius 2 is 0.863 bits per heavy atom. The number of carbonyl (C=O) groups is 2. The number of hydrogen-bond acceptors (Lipinski definition) is 4. The molecule has 7 aromatic carbocycles. The zero-order valence-electron chi connectivity index (χ0n) is 28.2. The fourth-order valence-corrected chi connectivity index (χ4v) is 6.92. The van der Waals surface area contributed by atoms with Crippen molar-refractivity contribution in [2.24, 2.45) is 0 Å². The van der Waals surface area contributed by atoms with Crippen molar-refractivity contribution in [2.75, 3.05) is 9.80 Å². The predicted molar refractivity (Wildman–Crippen MR) is 211 cm³/mol. The molecule has 8 rings (SSSR count). The van der Waals surface area contributed by atoms with Crippen molar-refractivity contribution in [1.29, 1.82) is 0 Å². The fourth-order valence-electron chi connectivity index (χ4n) is 6.92. The summed E-state index contributed by atoms with van der Waals surface area (Å²) in [6, 6.07) is 61.2. The minimum absolute atomic E-state index is 0.0608. The molecular weight excluding hydrogens is 625 g/mol. The zero-order chi connectivity index (χ0) is 34.6. The number of ketones is 2. The molecule has 0 amide bonds. The first kappa shape index (κ1) is 31.7. The normalized spacial score (nSPS) is 12.9. The number of rotatable bonds is 8. The van der Waals surface area contributed by atoms with Crippen LogP contribution in [0.3, 0.4) is 0 Å². The van der Waals surface area contributed by atoms with Gasteiger partial charge in [-0.1, -0.05) is 109 Å². The van der Waals surface area contributed by atoms with E-state index >= 15 is 0 Å². The van der Waals surface area contributed by atoms with E-state index in [1.165, 1.54) is 10.8 Å². The molecule has 7 aromatic rings. The Bertz CT molecular complexity index is 2320. The first-order valence-corrected chi connectivity index (χ1v) is 17.4. The molecule has 0 aromatic heterocycles. The summed E-state index contributed by atoms with van der Waals surface area (Å²) in [4.78, 5) is 29.3. The van der Waals surface area contributed by atoms with Gasteiger partial charge in [0.25, 0.3) is 0 Å². The number of allylic oxidation sites excluding steroid dienone is 1. The molecule has 0 heterocycles. The fraction of sp³-hybridized carbons (Fsp3) is 0.0638. The summed E-state index contributed by atoms with van der Waals surface area (Å²) in [5.74, 6) is -0.122. The van der Waals surface area contributed by atoms with Crippen LogP contribution in [0, 0.1) is 0 Å². The molecule has 0 radical (unpaired) electrons. The summed E-state index contributed by atoms with van der Waals surface area (Å²) >= 11 is 0. The van der Waals surface area contributed by atoms with E-state index < -0.39 is 0 Å². The third-order valence-electron chi connectivity index (χ3n) is 9.49. The van der Waals surface area contributed by atoms with Gasteiger partial charge in [0.1, 0.15) is 0 Å². The van der Waals surface area contributed by atoms with Gasteiger partial charge >= 0.3 is 0 Å². The van der Waals surface area contributed by atoms with Crippen molar-refractivity contribution in [3.05, 3.63) is 187 Å². The molecule has 0 bridgehead atoms. The lowest BCUT2D eigenvalue weighted by Gasteiger charge is -2.27. The second-order valence-electron chi connectivity index (χ2n) is 12.8. The summed E-state index contributed by atoms with van der Waals surface area (Å²) in [5, 5.41) is 2.41. The third kappa shape index (κ3) is 6.60. The molecule has 0 aliphatic heterocycles. The molecule has 51 heavy (non-hydrogen) atoms. The number of benzene rings is 7. The van der Waals surface area contributed by atoms with Gasteiger partial charge in [-0.15, -0.1) is 0 Å². The Morgan fingerprint density at radius 1 is 0.412 bits per heavy atom. The molecule has 0 unspecified atom stereocenters. The molecule has 4 heteroatoms. The summed E-state index contributed by atoms with van der Waals surface area (Å²) in [6.07, 6.45) is 3.26. The SMILES string of the molecule is O=C1CCCC(=O)C1=Cc1ccc(N(c2ccccc2)c2ccc(-c3ccc(N(c4ccccc4)c4cccc5ccccc45)cc3)cc2)cc1. The molecule has 1 saturated carbocycles. The zero-order valence-corrected chi connectivity index (χ0v) is 28.2. The Labute approximate surface area is 298 Å². The summed E-state index contributed by atoms with van der Waals surface area (Å²) in [7, 11) is 0. The van der Waals surface area contributed by atoms with E-state index in [0.717, 1.165) is 50.8 Å². The summed E-state index contributed by atoms with van der Waals surface area (Å²) in [5.41, 5.74) is 9.79. The van der Waals surface area contributed by atoms with Crippen molar-refractivity contribution in [3.8, 4) is 11.1 Å². The Balaban J connectivity index is 1.09. The molecule has 1 fully saturated rings. The van der Waals surface area contributed by atoms with Crippen molar-refractivity contribution in [1.82, 2.24) is 0 Å². The monoisotopic (exact) mass is 660 g/mol. The van der Waals surface area contributed by atoms with Crippen LogP contribution in [0.5, 0.6) is 0 Å². The van der Waals surface area contributed by atoms with Gasteiger partial charge in [0, 0.05) is 46.7 Å². The molecule has 0 N–H and O–H groups in total. The largest absolute Gasteiger partial charge is 0.311 e. The summed E-state index contributed by atoms with van der Waals surface area (Å²) < 4.78 is 0. The van der Waals surface area contributed by atoms with Crippen LogP contribution < -0.4 is 9.80 Å². The second kappa shape index (κ2) is 14.1. The van der Waals surface area contributed by atoms with E-state index in [9.17, 15) is 9.59 Å². The van der Waals surface area contributed by atoms with Crippen molar-refractivity contribution < 1.29 is 9.59 Å². The van der Waals surface area contributed by atoms with Gasteiger partial charge in [-0.25, -0.2) is 0 Å². The van der Waals surface area contributed by atoms with E-state index in [-0.39, 0.29) is 11.6 Å². The lowest BCUT2D eigenvalue weighted by atomic mass is 9.91. The van der Waals surface area contributed by atoms with Crippen molar-refractivity contribution >= 4 is 62.5 Å². The Hall–Kier alpha value is -6.52. The first-order valence-electron chi connectivity index (χ1n) is 17.4. The van der Waals surface area contributed by atoms with Crippen LogP contribution in [0.1, 0.15) is 24.8 Å². The minimum Gasteiger partial charge on any atom is -0.311 e. The van der Waals surface area contributed by atoms with Gasteiger partial charge in [0.05, 0.1) is 11.3 Å². The van der Waals surface area contributed by atoms with Crippen molar-refractivity contribution in [2.45, 2.75) is 19.3 Å². The van der Waals surface area contributed by atoms with Gasteiger partial charge in [0.2, 0.25) is 0 Å². The van der Waals surface area contributed by atoms with Gasteiger partial charge in [-0.05, 0) is 101 Å². The number of fused-ring (bicyclic) bond motifs is 1. The minimum atomic E-state index is -0.0608. The Morgan fingerprint density at radius 3 is 1.45 bits per heavy atom. The maximum Gasteiger partial charge on any atom is 0.166 e. The topological polar surface area (TPSA) is 40.6 Å². The lowest BCUT2D eigenvalue weighted by Crippen LogP contribution is -2.18. The highest BCUT2D eigenvalue weighted by Gasteiger charge is 2.23. The molecule has 1 aliphatic rings. The third-order valence-corrected chi connectivity index (χ3v) is 9.49. The highest BCUT2D eigenvalue weighted by atomic mass is 16.1. The Kier molecular flexibility index (Phi) is 8.80. The molecule has 0 saturated heterocycles. The maximum atomic E-state index is 12.4. The number of Topliss-reactive ketones (excluding diaryl/α,β-unsaturated/α-hetero) is 2. The van der Waals surface area contributed by atoms with Crippen LogP contribution >= 0.6 is 0 Å². The quantitative estimate of drug-likeness (QED) is 0.120. The number of anilines is 6. The van der Waals surface area contributed by atoms with E-state index in [2.05, 4.69) is 137 Å². The highest BCUT2D eigenvalue weighted by Crippen LogP contribution is 2.40. The predicted octanol–water partition coefficient (Wildman–Crippen LogP) is 12.2. The summed E-state index contributed by atoms with van der Waals surface area (Å²) in [6.45, 7) is 0. The van der Waals surface area contributed by atoms with Crippen LogP contribution in [-0.2, 0) is 9.59 Å². The maximum absolute atomic E-state index is 12.4. The van der Waals surface area contributed by atoms with Crippen LogP contribution in [-0.4, -0.2) is 11.6 Å². The average Bonchev–Trinajstić information content (AvgIpc) is 3.19. The van der Waals surface area contributed by atoms with Crippen LogP contribution in [0.2, 0.25) is 0 Å². The van der Waals surface area contributed by atoms with Gasteiger partial charge < -0.3 is 9.80 Å². The van der Waals surface area contributed by atoms with Crippen LogP contribution in [0.25, 0.3) is 28.0 Å². The molecular formula is C47H36N2O2. The molecule has 246 valence electrons. The standard InChI is InChI=1S/C47H36N2O2/c50-46-19-10-20-47(51)44(46)33-34-21-27-40(28-22-34)48(38-13-3-1-4-14-38)41-29-23-35(24-30-41)36-25-31-42(32-26-36)49(39-15-5-2-6-16-39)45-18-9-12-37-11-7-8-17-43(37)45/h1-9,11-18,21-33H,10,19-20H2. The van der Waals surface area contributed by atoms with E-state index in [4.69, 9.17) is 0 Å². The molecule has 0 spiro atoms. The van der Waals surface area contributed by atoms with E-state index in [1.54, 1.807) is 6.08 Å². The van der Waals surface area contributed by atoms with Crippen LogP contribution in [0.4, 0.5) is 34.1 Å². The lowest BCUT2D eigenvalue weighted by molar-refractivity contribution is -0.123. The van der Waals surface area contributed by atoms with Gasteiger partial charge in [-0.3, -0.25) is 9.59 Å². The highest BCUT2D eigenvalue weighted by molar-refractivity contribution is 6.24. The van der Waals surface area contributed by atoms with E-state index in [0.29, 0.717) is 24.8 Å². The van der Waals surface area contributed by atoms with Crippen LogP contribution in [0.15, 0.2) is 181 Å². The van der Waals surface area contributed by atoms with Gasteiger partial charge in [0.15, 0.2) is 11.6 Å². The molecule has 1 aliphatic carbocycles. The number of hydrogen-bond donors (Lipinski definition) is 0. The van der Waals surface area contributed by atoms with Crippen molar-refractivity contribution in [3.63, 3.8) is 0 Å². The number of carbonyl (C=O) groups excluding carboxylic acids is 2. The average molecular weight is 661 g/mol. The number of nitrogens with zero attached hydrogens (tertiary/aromatic N) is 2. The molecule has 0 atom stereocenters. The first-order chi connectivity index (χ1) is 25.1. The second-order valence-corrected chi connectivity index (χ2v) is 12.8. The van der Waals surface area contributed by atoms with Gasteiger partial charge in [-0.2, -0.15) is 0 Å². The molecule has 4 nitrogen and oxygen atoms in total.